The van der Waals surface area contributed by atoms with Crippen molar-refractivity contribution in [2.75, 3.05) is 18.9 Å². The Morgan fingerprint density at radius 2 is 2.37 bits per heavy atom. The molecule has 0 saturated carbocycles. The third-order valence-corrected chi connectivity index (χ3v) is 2.80. The number of anilines is 1. The van der Waals surface area contributed by atoms with E-state index in [1.54, 1.807) is 18.2 Å². The summed E-state index contributed by atoms with van der Waals surface area (Å²) in [5.41, 5.74) is 7.46. The van der Waals surface area contributed by atoms with Gasteiger partial charge < -0.3 is 15.8 Å². The maximum atomic E-state index is 12.0. The van der Waals surface area contributed by atoms with Crippen LogP contribution in [0.1, 0.15) is 24.3 Å². The SMILES string of the molecule is CCOC(C)CNC(=O)c1n[nH]c2ccc(N)cc12. The van der Waals surface area contributed by atoms with Crippen molar-refractivity contribution in [2.45, 2.75) is 20.0 Å². The number of carbonyl (C=O) groups is 1. The van der Waals surface area contributed by atoms with Crippen LogP contribution in [0.25, 0.3) is 10.9 Å². The average Bonchev–Trinajstić information content (AvgIpc) is 2.79. The standard InChI is InChI=1S/C13H18N4O2/c1-3-19-8(2)7-15-13(18)12-10-6-9(14)4-5-11(10)16-17-12/h4-6,8H,3,7,14H2,1-2H3,(H,15,18)(H,16,17). The number of H-pyrrole nitrogens is 1. The number of nitrogen functional groups attached to an aromatic ring is 1. The van der Waals surface area contributed by atoms with E-state index in [1.807, 2.05) is 13.8 Å². The van der Waals surface area contributed by atoms with Crippen molar-refractivity contribution < 1.29 is 9.53 Å². The number of ether oxygens (including phenoxy) is 1. The van der Waals surface area contributed by atoms with Crippen LogP contribution in [0, 0.1) is 0 Å². The van der Waals surface area contributed by atoms with Gasteiger partial charge in [0.15, 0.2) is 5.69 Å². The molecule has 2 rings (SSSR count). The van der Waals surface area contributed by atoms with Crippen LogP contribution in [0.4, 0.5) is 5.69 Å². The highest BCUT2D eigenvalue weighted by Crippen LogP contribution is 2.18. The van der Waals surface area contributed by atoms with E-state index in [-0.39, 0.29) is 12.0 Å². The summed E-state index contributed by atoms with van der Waals surface area (Å²) in [7, 11) is 0. The van der Waals surface area contributed by atoms with E-state index in [9.17, 15) is 4.79 Å². The van der Waals surface area contributed by atoms with E-state index >= 15 is 0 Å². The molecule has 19 heavy (non-hydrogen) atoms. The van der Waals surface area contributed by atoms with Gasteiger partial charge in [-0.3, -0.25) is 9.89 Å². The van der Waals surface area contributed by atoms with E-state index in [0.29, 0.717) is 24.5 Å². The Labute approximate surface area is 111 Å². The topological polar surface area (TPSA) is 93.0 Å². The highest BCUT2D eigenvalue weighted by molar-refractivity contribution is 6.05. The number of nitrogens with one attached hydrogen (secondary N) is 2. The molecule has 1 aromatic heterocycles. The Morgan fingerprint density at radius 1 is 1.58 bits per heavy atom. The first-order valence-corrected chi connectivity index (χ1v) is 6.25. The summed E-state index contributed by atoms with van der Waals surface area (Å²) in [4.78, 5) is 12.0. The lowest BCUT2D eigenvalue weighted by Crippen LogP contribution is -2.32. The van der Waals surface area contributed by atoms with Crippen LogP contribution in [0.3, 0.4) is 0 Å². The number of aromatic nitrogens is 2. The van der Waals surface area contributed by atoms with Crippen LogP contribution in [-0.4, -0.2) is 35.4 Å². The number of hydrogen-bond donors (Lipinski definition) is 3. The first-order valence-electron chi connectivity index (χ1n) is 6.25. The summed E-state index contributed by atoms with van der Waals surface area (Å²) in [5.74, 6) is -0.233. The monoisotopic (exact) mass is 262 g/mol. The minimum absolute atomic E-state index is 0.0239. The maximum absolute atomic E-state index is 12.0. The zero-order valence-corrected chi connectivity index (χ0v) is 11.1. The van der Waals surface area contributed by atoms with Crippen molar-refractivity contribution in [2.24, 2.45) is 0 Å². The number of fused-ring (bicyclic) bond motifs is 1. The van der Waals surface area contributed by atoms with Gasteiger partial charge in [-0.1, -0.05) is 0 Å². The normalized spacial score (nSPS) is 12.5. The van der Waals surface area contributed by atoms with Crippen LogP contribution in [-0.2, 0) is 4.74 Å². The predicted octanol–water partition coefficient (Wildman–Crippen LogP) is 1.30. The molecule has 6 nitrogen and oxygen atoms in total. The van der Waals surface area contributed by atoms with E-state index < -0.39 is 0 Å². The summed E-state index contributed by atoms with van der Waals surface area (Å²) in [5, 5.41) is 10.4. The molecule has 1 heterocycles. The lowest BCUT2D eigenvalue weighted by Gasteiger charge is -2.11. The first kappa shape index (κ1) is 13.4. The second-order valence-corrected chi connectivity index (χ2v) is 4.35. The van der Waals surface area contributed by atoms with Gasteiger partial charge in [-0.05, 0) is 32.0 Å². The number of amides is 1. The van der Waals surface area contributed by atoms with Crippen LogP contribution in [0.5, 0.6) is 0 Å². The minimum Gasteiger partial charge on any atom is -0.399 e. The smallest absolute Gasteiger partial charge is 0.272 e. The number of carbonyl (C=O) groups excluding carboxylic acids is 1. The van der Waals surface area contributed by atoms with Crippen molar-refractivity contribution >= 4 is 22.5 Å². The molecular weight excluding hydrogens is 244 g/mol. The summed E-state index contributed by atoms with van der Waals surface area (Å²) in [6.45, 7) is 4.90. The fourth-order valence-corrected chi connectivity index (χ4v) is 1.87. The molecule has 0 saturated heterocycles. The number of benzene rings is 1. The molecule has 1 unspecified atom stereocenters. The molecule has 4 N–H and O–H groups in total. The molecule has 0 bridgehead atoms. The highest BCUT2D eigenvalue weighted by Gasteiger charge is 2.14. The summed E-state index contributed by atoms with van der Waals surface area (Å²) in [6, 6.07) is 5.30. The number of hydrogen-bond acceptors (Lipinski definition) is 4. The van der Waals surface area contributed by atoms with Gasteiger partial charge in [0.05, 0.1) is 11.6 Å². The van der Waals surface area contributed by atoms with Gasteiger partial charge >= 0.3 is 0 Å². The quantitative estimate of drug-likeness (QED) is 0.708. The largest absolute Gasteiger partial charge is 0.399 e. The molecule has 102 valence electrons. The van der Waals surface area contributed by atoms with Crippen LogP contribution < -0.4 is 11.1 Å². The van der Waals surface area contributed by atoms with Gasteiger partial charge in [0, 0.05) is 24.2 Å². The van der Waals surface area contributed by atoms with Gasteiger partial charge in [0.2, 0.25) is 0 Å². The molecule has 0 radical (unpaired) electrons. The highest BCUT2D eigenvalue weighted by atomic mass is 16.5. The van der Waals surface area contributed by atoms with Gasteiger partial charge in [-0.25, -0.2) is 0 Å². The van der Waals surface area contributed by atoms with E-state index in [1.165, 1.54) is 0 Å². The van der Waals surface area contributed by atoms with Crippen molar-refractivity contribution in [1.82, 2.24) is 15.5 Å². The Balaban J connectivity index is 2.11. The van der Waals surface area contributed by atoms with Crippen molar-refractivity contribution in [3.63, 3.8) is 0 Å². The third-order valence-electron chi connectivity index (χ3n) is 2.80. The zero-order chi connectivity index (χ0) is 13.8. The molecule has 0 aliphatic rings. The van der Waals surface area contributed by atoms with E-state index in [2.05, 4.69) is 15.5 Å². The Hall–Kier alpha value is -2.08. The molecular formula is C13H18N4O2. The van der Waals surface area contributed by atoms with Crippen molar-refractivity contribution in [1.29, 1.82) is 0 Å². The lowest BCUT2D eigenvalue weighted by molar-refractivity contribution is 0.0694. The van der Waals surface area contributed by atoms with Crippen LogP contribution in [0.15, 0.2) is 18.2 Å². The zero-order valence-electron chi connectivity index (χ0n) is 11.1. The van der Waals surface area contributed by atoms with Gasteiger partial charge in [-0.15, -0.1) is 0 Å². The molecule has 1 aromatic carbocycles. The lowest BCUT2D eigenvalue weighted by atomic mass is 10.2. The van der Waals surface area contributed by atoms with Gasteiger partial charge in [0.25, 0.3) is 5.91 Å². The number of nitrogens with zero attached hydrogens (tertiary/aromatic N) is 1. The minimum atomic E-state index is -0.233. The number of nitrogens with two attached hydrogens (primary N) is 1. The fraction of sp³-hybridized carbons (Fsp3) is 0.385. The van der Waals surface area contributed by atoms with E-state index in [4.69, 9.17) is 10.5 Å². The molecule has 0 aliphatic carbocycles. The molecule has 6 heteroatoms. The first-order chi connectivity index (χ1) is 9.11. The molecule has 1 atom stereocenters. The summed E-state index contributed by atoms with van der Waals surface area (Å²) in [6.07, 6.45) is -0.0239. The second-order valence-electron chi connectivity index (χ2n) is 4.35. The third kappa shape index (κ3) is 3.03. The Morgan fingerprint density at radius 3 is 3.11 bits per heavy atom. The summed E-state index contributed by atoms with van der Waals surface area (Å²) >= 11 is 0. The molecule has 2 aromatic rings. The molecule has 0 aliphatic heterocycles. The van der Waals surface area contributed by atoms with Gasteiger partial charge in [0.1, 0.15) is 0 Å². The summed E-state index contributed by atoms with van der Waals surface area (Å²) < 4.78 is 5.35. The maximum Gasteiger partial charge on any atom is 0.272 e. The fourth-order valence-electron chi connectivity index (χ4n) is 1.87. The van der Waals surface area contributed by atoms with Crippen LogP contribution >= 0.6 is 0 Å². The Kier molecular flexibility index (Phi) is 4.01. The predicted molar refractivity (Wildman–Crippen MR) is 73.9 cm³/mol. The molecule has 0 fully saturated rings. The number of rotatable bonds is 5. The van der Waals surface area contributed by atoms with Crippen molar-refractivity contribution in [3.05, 3.63) is 23.9 Å². The molecule has 1 amide bonds. The Bertz CT molecular complexity index is 579. The number of aromatic amines is 1. The second kappa shape index (κ2) is 5.71. The average molecular weight is 262 g/mol. The molecule has 0 spiro atoms. The van der Waals surface area contributed by atoms with Crippen molar-refractivity contribution in [3.8, 4) is 0 Å². The van der Waals surface area contributed by atoms with Gasteiger partial charge in [-0.2, -0.15) is 5.10 Å². The van der Waals surface area contributed by atoms with Crippen LogP contribution in [0.2, 0.25) is 0 Å². The van der Waals surface area contributed by atoms with E-state index in [0.717, 1.165) is 10.9 Å².